The van der Waals surface area contributed by atoms with Crippen molar-refractivity contribution < 1.29 is 18.0 Å². The molecule has 0 unspecified atom stereocenters. The molecule has 0 radical (unpaired) electrons. The molecule has 8 heteroatoms. The van der Waals surface area contributed by atoms with Crippen molar-refractivity contribution in [3.05, 3.63) is 76.6 Å². The fourth-order valence-corrected chi connectivity index (χ4v) is 3.32. The third-order valence-electron chi connectivity index (χ3n) is 3.79. The van der Waals surface area contributed by atoms with E-state index in [1.165, 1.54) is 0 Å². The minimum Gasteiger partial charge on any atom is -0.300 e. The third-order valence-corrected chi connectivity index (χ3v) is 4.61. The van der Waals surface area contributed by atoms with Crippen LogP contribution in [-0.4, -0.2) is 16.1 Å². The van der Waals surface area contributed by atoms with Gasteiger partial charge in [0.05, 0.1) is 16.1 Å². The summed E-state index contributed by atoms with van der Waals surface area (Å²) in [5.74, 6) is -4.12. The van der Waals surface area contributed by atoms with Crippen molar-refractivity contribution >= 4 is 45.5 Å². The van der Waals surface area contributed by atoms with Gasteiger partial charge in [-0.05, 0) is 41.6 Å². The zero-order valence-electron chi connectivity index (χ0n) is 13.5. The molecule has 0 saturated carbocycles. The Hall–Kier alpha value is -3.13. The minimum absolute atomic E-state index is 0.140. The van der Waals surface area contributed by atoms with E-state index in [0.29, 0.717) is 4.91 Å². The maximum atomic E-state index is 13.4. The zero-order chi connectivity index (χ0) is 19.0. The quantitative estimate of drug-likeness (QED) is 0.619. The number of aromatic nitrogens is 1. The first-order valence-electron chi connectivity index (χ1n) is 7.78. The highest BCUT2D eigenvalue weighted by atomic mass is 32.2. The number of benzene rings is 2. The van der Waals surface area contributed by atoms with Gasteiger partial charge in [0.25, 0.3) is 5.24 Å². The van der Waals surface area contributed by atoms with Gasteiger partial charge in [0.2, 0.25) is 0 Å². The van der Waals surface area contributed by atoms with E-state index in [-0.39, 0.29) is 16.8 Å². The van der Waals surface area contributed by atoms with Crippen LogP contribution in [0.25, 0.3) is 17.0 Å². The zero-order valence-corrected chi connectivity index (χ0v) is 14.4. The highest BCUT2D eigenvalue weighted by molar-refractivity contribution is 8.18. The Labute approximate surface area is 155 Å². The van der Waals surface area contributed by atoms with Gasteiger partial charge in [-0.1, -0.05) is 12.1 Å². The fraction of sp³-hybridized carbons (Fsp3) is 0. The number of hydrogen-bond acceptors (Lipinski definition) is 4. The van der Waals surface area contributed by atoms with Crippen molar-refractivity contribution in [1.29, 1.82) is 0 Å². The van der Waals surface area contributed by atoms with E-state index in [9.17, 15) is 18.0 Å². The lowest BCUT2D eigenvalue weighted by Crippen LogP contribution is -2.18. The Morgan fingerprint density at radius 1 is 1.07 bits per heavy atom. The Morgan fingerprint density at radius 2 is 1.85 bits per heavy atom. The van der Waals surface area contributed by atoms with E-state index in [1.54, 1.807) is 12.3 Å². The lowest BCUT2D eigenvalue weighted by molar-refractivity contribution is 0.265. The molecule has 4 rings (SSSR count). The molecular weight excluding hydrogens is 375 g/mol. The van der Waals surface area contributed by atoms with Crippen LogP contribution in [0.5, 0.6) is 0 Å². The standard InChI is InChI=1S/C19H10F3N3OS/c20-13-8-12(9-14(21)17(13)22)24-18-16(27-19(26)25-18)7-10-3-4-15-11(6-10)2-1-5-23-15/h1-9H,(H,24,25,26)/b16-7-. The molecule has 1 aliphatic heterocycles. The van der Waals surface area contributed by atoms with E-state index in [1.807, 2.05) is 30.3 Å². The minimum atomic E-state index is -1.57. The Morgan fingerprint density at radius 3 is 2.63 bits per heavy atom. The molecule has 3 aromatic rings. The number of aliphatic imine (C=N–C) groups is 1. The average molecular weight is 385 g/mol. The number of nitrogens with one attached hydrogen (secondary N) is 1. The topological polar surface area (TPSA) is 54.4 Å². The predicted octanol–water partition coefficient (Wildman–Crippen LogP) is 5.18. The predicted molar refractivity (Wildman–Crippen MR) is 99.3 cm³/mol. The summed E-state index contributed by atoms with van der Waals surface area (Å²) in [6, 6.07) is 10.8. The molecule has 1 N–H and O–H groups in total. The van der Waals surface area contributed by atoms with Crippen LogP contribution < -0.4 is 5.32 Å². The summed E-state index contributed by atoms with van der Waals surface area (Å²) >= 11 is 0.908. The maximum absolute atomic E-state index is 13.4. The highest BCUT2D eigenvalue weighted by Gasteiger charge is 2.24. The summed E-state index contributed by atoms with van der Waals surface area (Å²) < 4.78 is 39.9. The van der Waals surface area contributed by atoms with Crippen molar-refractivity contribution in [2.24, 2.45) is 4.99 Å². The molecule has 1 amide bonds. The molecule has 0 atom stereocenters. The van der Waals surface area contributed by atoms with Crippen LogP contribution in [0.2, 0.25) is 0 Å². The molecule has 0 aliphatic carbocycles. The van der Waals surface area contributed by atoms with E-state index in [0.717, 1.165) is 40.4 Å². The highest BCUT2D eigenvalue weighted by Crippen LogP contribution is 2.30. The van der Waals surface area contributed by atoms with Gasteiger partial charge in [-0.3, -0.25) is 9.78 Å². The lowest BCUT2D eigenvalue weighted by atomic mass is 10.1. The molecule has 2 heterocycles. The smallest absolute Gasteiger partial charge is 0.289 e. The molecule has 1 aromatic heterocycles. The van der Waals surface area contributed by atoms with Crippen LogP contribution in [0.15, 0.2) is 58.6 Å². The third kappa shape index (κ3) is 3.56. The molecule has 1 fully saturated rings. The van der Waals surface area contributed by atoms with E-state index in [4.69, 9.17) is 0 Å². The van der Waals surface area contributed by atoms with Crippen molar-refractivity contribution in [2.75, 3.05) is 0 Å². The summed E-state index contributed by atoms with van der Waals surface area (Å²) in [7, 11) is 0. The molecule has 27 heavy (non-hydrogen) atoms. The number of rotatable bonds is 2. The molecular formula is C19H10F3N3OS. The van der Waals surface area contributed by atoms with E-state index >= 15 is 0 Å². The first-order valence-corrected chi connectivity index (χ1v) is 8.60. The number of amidine groups is 1. The largest absolute Gasteiger partial charge is 0.300 e. The van der Waals surface area contributed by atoms with Crippen LogP contribution in [0.3, 0.4) is 0 Å². The molecule has 134 valence electrons. The van der Waals surface area contributed by atoms with Gasteiger partial charge in [-0.25, -0.2) is 18.2 Å². The fourth-order valence-electron chi connectivity index (χ4n) is 2.58. The van der Waals surface area contributed by atoms with Gasteiger partial charge in [0.1, 0.15) is 5.84 Å². The van der Waals surface area contributed by atoms with E-state index < -0.39 is 17.5 Å². The molecule has 1 saturated heterocycles. The number of pyridine rings is 1. The first-order chi connectivity index (χ1) is 13.0. The number of fused-ring (bicyclic) bond motifs is 1. The normalized spacial score (nSPS) is 17.1. The number of nitrogens with zero attached hydrogens (tertiary/aromatic N) is 2. The van der Waals surface area contributed by atoms with Crippen molar-refractivity contribution in [3.63, 3.8) is 0 Å². The molecule has 1 aliphatic rings. The maximum Gasteiger partial charge on any atom is 0.289 e. The average Bonchev–Trinajstić information content (AvgIpc) is 2.98. The van der Waals surface area contributed by atoms with Gasteiger partial charge in [0, 0.05) is 23.7 Å². The number of carbonyl (C=O) groups is 1. The number of halogens is 3. The first kappa shape index (κ1) is 17.3. The molecule has 0 bridgehead atoms. The summed E-state index contributed by atoms with van der Waals surface area (Å²) in [6.07, 6.45) is 3.42. The Bertz CT molecular complexity index is 1120. The lowest BCUT2D eigenvalue weighted by Gasteiger charge is -2.03. The summed E-state index contributed by atoms with van der Waals surface area (Å²) in [6.45, 7) is 0. The second kappa shape index (κ2) is 6.88. The van der Waals surface area contributed by atoms with Gasteiger partial charge in [-0.2, -0.15) is 0 Å². The number of amides is 1. The summed E-state index contributed by atoms with van der Waals surface area (Å²) in [4.78, 5) is 20.5. The number of hydrogen-bond donors (Lipinski definition) is 1. The molecule has 2 aromatic carbocycles. The molecule has 0 spiro atoms. The van der Waals surface area contributed by atoms with Crippen LogP contribution in [0.4, 0.5) is 23.7 Å². The second-order valence-electron chi connectivity index (χ2n) is 5.66. The number of thioether (sulfide) groups is 1. The summed E-state index contributed by atoms with van der Waals surface area (Å²) in [5, 5.41) is 3.07. The van der Waals surface area contributed by atoms with E-state index in [2.05, 4.69) is 15.3 Å². The van der Waals surface area contributed by atoms with Crippen LogP contribution in [0.1, 0.15) is 5.56 Å². The monoisotopic (exact) mass is 385 g/mol. The van der Waals surface area contributed by atoms with Crippen LogP contribution in [-0.2, 0) is 0 Å². The summed E-state index contributed by atoms with van der Waals surface area (Å²) in [5.41, 5.74) is 1.50. The Kier molecular flexibility index (Phi) is 4.41. The van der Waals surface area contributed by atoms with Gasteiger partial charge in [0.15, 0.2) is 17.5 Å². The molecule has 4 nitrogen and oxygen atoms in total. The van der Waals surface area contributed by atoms with Crippen LogP contribution >= 0.6 is 11.8 Å². The second-order valence-corrected chi connectivity index (χ2v) is 6.68. The van der Waals surface area contributed by atoms with Crippen LogP contribution in [0, 0.1) is 17.5 Å². The van der Waals surface area contributed by atoms with Crippen molar-refractivity contribution in [3.8, 4) is 0 Å². The number of carbonyl (C=O) groups excluding carboxylic acids is 1. The Balaban J connectivity index is 1.74. The SMILES string of the molecule is O=C1NC(=Nc2cc(F)c(F)c(F)c2)/C(=C/c2ccc3ncccc3c2)S1. The van der Waals surface area contributed by atoms with Crippen molar-refractivity contribution in [1.82, 2.24) is 10.3 Å². The van der Waals surface area contributed by atoms with Gasteiger partial charge < -0.3 is 5.32 Å². The van der Waals surface area contributed by atoms with Crippen molar-refractivity contribution in [2.45, 2.75) is 0 Å². The van der Waals surface area contributed by atoms with Gasteiger partial charge >= 0.3 is 0 Å². The van der Waals surface area contributed by atoms with Gasteiger partial charge in [-0.15, -0.1) is 0 Å².